The number of para-hydroxylation sites is 1. The summed E-state index contributed by atoms with van der Waals surface area (Å²) in [7, 11) is 0. The van der Waals surface area contributed by atoms with Crippen LogP contribution in [0.2, 0.25) is 0 Å². The van der Waals surface area contributed by atoms with Crippen molar-refractivity contribution >= 4 is 17.0 Å². The Labute approximate surface area is 107 Å². The van der Waals surface area contributed by atoms with Gasteiger partial charge in [-0.3, -0.25) is 0 Å². The predicted octanol–water partition coefficient (Wildman–Crippen LogP) is 3.57. The number of anilines is 1. The second-order valence-corrected chi connectivity index (χ2v) is 4.57. The first kappa shape index (κ1) is 10.8. The molecule has 1 aromatic carbocycles. The summed E-state index contributed by atoms with van der Waals surface area (Å²) >= 11 is 0. The van der Waals surface area contributed by atoms with Gasteiger partial charge in [0, 0.05) is 11.3 Å². The number of allylic oxidation sites excluding steroid dienone is 2. The SMILES string of the molecule is C=C1C(=C)C2(C=CC=CC2=N)Nc2ccccc21. The minimum atomic E-state index is -0.639. The third-order valence-corrected chi connectivity index (χ3v) is 3.57. The van der Waals surface area contributed by atoms with E-state index >= 15 is 0 Å². The molecule has 0 saturated carbocycles. The van der Waals surface area contributed by atoms with Crippen LogP contribution >= 0.6 is 0 Å². The fourth-order valence-corrected chi connectivity index (χ4v) is 2.49. The van der Waals surface area contributed by atoms with Gasteiger partial charge in [0.25, 0.3) is 0 Å². The van der Waals surface area contributed by atoms with Crippen LogP contribution in [-0.4, -0.2) is 11.3 Å². The highest BCUT2D eigenvalue weighted by Crippen LogP contribution is 2.42. The highest BCUT2D eigenvalue weighted by Gasteiger charge is 2.40. The number of rotatable bonds is 0. The van der Waals surface area contributed by atoms with Gasteiger partial charge in [-0.25, -0.2) is 0 Å². The van der Waals surface area contributed by atoms with E-state index in [0.717, 1.165) is 22.4 Å². The molecule has 18 heavy (non-hydrogen) atoms. The molecule has 2 nitrogen and oxygen atoms in total. The topological polar surface area (TPSA) is 35.9 Å². The quantitative estimate of drug-likeness (QED) is 0.707. The smallest absolute Gasteiger partial charge is 0.124 e. The van der Waals surface area contributed by atoms with Crippen LogP contribution in [0.4, 0.5) is 5.69 Å². The van der Waals surface area contributed by atoms with Gasteiger partial charge in [-0.2, -0.15) is 0 Å². The monoisotopic (exact) mass is 234 g/mol. The van der Waals surface area contributed by atoms with Gasteiger partial charge in [0.1, 0.15) is 5.54 Å². The van der Waals surface area contributed by atoms with E-state index in [-0.39, 0.29) is 0 Å². The Bertz CT molecular complexity index is 634. The zero-order valence-electron chi connectivity index (χ0n) is 10.0. The molecule has 0 bridgehead atoms. The maximum atomic E-state index is 8.19. The Morgan fingerprint density at radius 3 is 2.67 bits per heavy atom. The lowest BCUT2D eigenvalue weighted by Crippen LogP contribution is -2.48. The van der Waals surface area contributed by atoms with Gasteiger partial charge in [0.15, 0.2) is 0 Å². The summed E-state index contributed by atoms with van der Waals surface area (Å²) in [6.45, 7) is 8.26. The number of hydrogen-bond donors (Lipinski definition) is 2. The molecule has 1 atom stereocenters. The van der Waals surface area contributed by atoms with E-state index in [1.54, 1.807) is 6.08 Å². The molecule has 2 aliphatic rings. The molecule has 1 heterocycles. The summed E-state index contributed by atoms with van der Waals surface area (Å²) in [4.78, 5) is 0. The maximum absolute atomic E-state index is 8.19. The van der Waals surface area contributed by atoms with Crippen molar-refractivity contribution < 1.29 is 0 Å². The molecule has 3 rings (SSSR count). The Hall–Kier alpha value is -2.35. The third kappa shape index (κ3) is 1.26. The predicted molar refractivity (Wildman–Crippen MR) is 77.0 cm³/mol. The lowest BCUT2D eigenvalue weighted by molar-refractivity contribution is 0.890. The minimum Gasteiger partial charge on any atom is -0.367 e. The lowest BCUT2D eigenvalue weighted by Gasteiger charge is -2.41. The Morgan fingerprint density at radius 2 is 1.89 bits per heavy atom. The largest absolute Gasteiger partial charge is 0.367 e. The van der Waals surface area contributed by atoms with Crippen LogP contribution in [0, 0.1) is 5.41 Å². The van der Waals surface area contributed by atoms with Crippen LogP contribution in [0.25, 0.3) is 5.57 Å². The molecule has 1 aliphatic carbocycles. The van der Waals surface area contributed by atoms with Crippen molar-refractivity contribution in [1.29, 1.82) is 5.41 Å². The Kier molecular flexibility index (Phi) is 2.14. The van der Waals surface area contributed by atoms with Crippen LogP contribution in [0.1, 0.15) is 5.56 Å². The molecule has 0 fully saturated rings. The molecule has 1 unspecified atom stereocenters. The number of hydrogen-bond acceptors (Lipinski definition) is 2. The van der Waals surface area contributed by atoms with E-state index in [4.69, 9.17) is 5.41 Å². The maximum Gasteiger partial charge on any atom is 0.124 e. The second kappa shape index (κ2) is 3.57. The first-order chi connectivity index (χ1) is 8.65. The normalized spacial score (nSPS) is 25.2. The molecule has 2 heteroatoms. The zero-order valence-corrected chi connectivity index (χ0v) is 10.0. The molecule has 1 aromatic rings. The van der Waals surface area contributed by atoms with Gasteiger partial charge in [-0.15, -0.1) is 0 Å². The van der Waals surface area contributed by atoms with Crippen LogP contribution in [0.15, 0.2) is 67.3 Å². The fraction of sp³-hybridized carbons (Fsp3) is 0.0625. The molecule has 0 saturated heterocycles. The van der Waals surface area contributed by atoms with Crippen molar-refractivity contribution in [2.75, 3.05) is 5.32 Å². The minimum absolute atomic E-state index is 0.491. The molecule has 0 amide bonds. The summed E-state index contributed by atoms with van der Waals surface area (Å²) in [6.07, 6.45) is 7.57. The fourth-order valence-electron chi connectivity index (χ4n) is 2.49. The Balaban J connectivity index is 2.20. The standard InChI is InChI=1S/C16H14N2/c1-11-12(2)16(10-6-5-9-15(16)17)18-14-8-4-3-7-13(11)14/h3-10,17-18H,1-2H2. The van der Waals surface area contributed by atoms with Gasteiger partial charge in [-0.05, 0) is 29.4 Å². The van der Waals surface area contributed by atoms with Gasteiger partial charge in [-0.1, -0.05) is 43.5 Å². The molecule has 1 spiro atoms. The van der Waals surface area contributed by atoms with Crippen molar-refractivity contribution in [1.82, 2.24) is 0 Å². The summed E-state index contributed by atoms with van der Waals surface area (Å²) in [6, 6.07) is 7.99. The van der Waals surface area contributed by atoms with Crippen LogP contribution in [0.3, 0.4) is 0 Å². The highest BCUT2D eigenvalue weighted by molar-refractivity contribution is 6.13. The second-order valence-electron chi connectivity index (χ2n) is 4.57. The molecular weight excluding hydrogens is 220 g/mol. The summed E-state index contributed by atoms with van der Waals surface area (Å²) in [5.74, 6) is 0. The average Bonchev–Trinajstić information content (AvgIpc) is 2.39. The van der Waals surface area contributed by atoms with E-state index in [0.29, 0.717) is 5.71 Å². The summed E-state index contributed by atoms with van der Waals surface area (Å²) < 4.78 is 0. The van der Waals surface area contributed by atoms with Gasteiger partial charge < -0.3 is 10.7 Å². The first-order valence-electron chi connectivity index (χ1n) is 5.86. The van der Waals surface area contributed by atoms with E-state index in [9.17, 15) is 0 Å². The molecule has 88 valence electrons. The van der Waals surface area contributed by atoms with Crippen LogP contribution in [-0.2, 0) is 0 Å². The van der Waals surface area contributed by atoms with Gasteiger partial charge in [0.2, 0.25) is 0 Å². The van der Waals surface area contributed by atoms with Crippen molar-refractivity contribution in [2.24, 2.45) is 0 Å². The Morgan fingerprint density at radius 1 is 1.11 bits per heavy atom. The van der Waals surface area contributed by atoms with Crippen molar-refractivity contribution in [3.05, 3.63) is 72.9 Å². The zero-order chi connectivity index (χ0) is 12.8. The summed E-state index contributed by atoms with van der Waals surface area (Å²) in [5, 5.41) is 11.6. The summed E-state index contributed by atoms with van der Waals surface area (Å²) in [5.41, 5.74) is 3.65. The number of nitrogens with one attached hydrogen (secondary N) is 2. The number of benzene rings is 1. The highest BCUT2D eigenvalue weighted by atomic mass is 15.0. The first-order valence-corrected chi connectivity index (χ1v) is 5.86. The van der Waals surface area contributed by atoms with E-state index in [1.807, 2.05) is 42.5 Å². The third-order valence-electron chi connectivity index (χ3n) is 3.57. The molecular formula is C16H14N2. The molecule has 2 N–H and O–H groups in total. The average molecular weight is 234 g/mol. The van der Waals surface area contributed by atoms with Crippen molar-refractivity contribution in [3.63, 3.8) is 0 Å². The van der Waals surface area contributed by atoms with Crippen molar-refractivity contribution in [3.8, 4) is 0 Å². The van der Waals surface area contributed by atoms with E-state index < -0.39 is 5.54 Å². The lowest BCUT2D eigenvalue weighted by atomic mass is 9.74. The van der Waals surface area contributed by atoms with Gasteiger partial charge >= 0.3 is 0 Å². The van der Waals surface area contributed by atoms with Crippen LogP contribution in [0.5, 0.6) is 0 Å². The van der Waals surface area contributed by atoms with E-state index in [1.165, 1.54) is 0 Å². The molecule has 1 aliphatic heterocycles. The molecule has 0 aromatic heterocycles. The van der Waals surface area contributed by atoms with E-state index in [2.05, 4.69) is 18.5 Å². The number of fused-ring (bicyclic) bond motifs is 1. The van der Waals surface area contributed by atoms with Crippen molar-refractivity contribution in [2.45, 2.75) is 5.54 Å². The molecule has 0 radical (unpaired) electrons. The van der Waals surface area contributed by atoms with Gasteiger partial charge in [0.05, 0.1) is 5.71 Å². The van der Waals surface area contributed by atoms with Crippen LogP contribution < -0.4 is 5.32 Å².